The summed E-state index contributed by atoms with van der Waals surface area (Å²) < 4.78 is 5.87. The van der Waals surface area contributed by atoms with Crippen molar-refractivity contribution in [1.82, 2.24) is 4.98 Å². The number of nitrogens with zero attached hydrogens (tertiary/aromatic N) is 1. The number of thioether (sulfide) groups is 1. The van der Waals surface area contributed by atoms with E-state index in [2.05, 4.69) is 17.3 Å². The normalized spacial score (nSPS) is 17.2. The van der Waals surface area contributed by atoms with E-state index in [-0.39, 0.29) is 0 Å². The fourth-order valence-corrected chi connectivity index (χ4v) is 2.27. The smallest absolute Gasteiger partial charge is 0.227 e. The second kappa shape index (κ2) is 4.69. The number of hydrogen-bond donors (Lipinski definition) is 0. The van der Waals surface area contributed by atoms with Gasteiger partial charge in [-0.2, -0.15) is 0 Å². The molecule has 1 aromatic heterocycles. The summed E-state index contributed by atoms with van der Waals surface area (Å²) in [4.78, 5) is 5.41. The number of rotatable bonds is 3. The van der Waals surface area contributed by atoms with E-state index in [1.165, 1.54) is 25.7 Å². The van der Waals surface area contributed by atoms with Crippen molar-refractivity contribution < 1.29 is 4.74 Å². The van der Waals surface area contributed by atoms with Gasteiger partial charge in [0.1, 0.15) is 6.10 Å². The first kappa shape index (κ1) is 9.84. The molecule has 2 nitrogen and oxygen atoms in total. The maximum Gasteiger partial charge on any atom is 0.227 e. The van der Waals surface area contributed by atoms with Gasteiger partial charge in [0, 0.05) is 6.20 Å². The predicted molar refractivity (Wildman–Crippen MR) is 58.9 cm³/mol. The highest BCUT2D eigenvalue weighted by molar-refractivity contribution is 7.98. The van der Waals surface area contributed by atoms with Gasteiger partial charge < -0.3 is 4.74 Å². The Morgan fingerprint density at radius 3 is 2.93 bits per heavy atom. The standard InChI is InChI=1S/C11H15NOS/c1-14-10-7-4-8-12-11(10)13-9-5-2-3-6-9/h4,7-9H,2-3,5-6H2,1H3. The summed E-state index contributed by atoms with van der Waals surface area (Å²) in [5.41, 5.74) is 0. The third kappa shape index (κ3) is 2.21. The Bertz CT molecular complexity index is 297. The molecule has 0 radical (unpaired) electrons. The Balaban J connectivity index is 2.07. The van der Waals surface area contributed by atoms with Crippen LogP contribution in [0.3, 0.4) is 0 Å². The third-order valence-electron chi connectivity index (χ3n) is 2.54. The molecule has 3 heteroatoms. The number of hydrogen-bond acceptors (Lipinski definition) is 3. The predicted octanol–water partition coefficient (Wildman–Crippen LogP) is 3.12. The lowest BCUT2D eigenvalue weighted by Gasteiger charge is -2.13. The van der Waals surface area contributed by atoms with Crippen LogP contribution in [0.4, 0.5) is 0 Å². The van der Waals surface area contributed by atoms with Crippen LogP contribution in [0.5, 0.6) is 5.88 Å². The molecule has 1 saturated carbocycles. The molecule has 0 atom stereocenters. The van der Waals surface area contributed by atoms with Crippen LogP contribution in [0.2, 0.25) is 0 Å². The Morgan fingerprint density at radius 2 is 2.21 bits per heavy atom. The van der Waals surface area contributed by atoms with Crippen LogP contribution >= 0.6 is 11.8 Å². The minimum Gasteiger partial charge on any atom is -0.474 e. The first-order chi connectivity index (χ1) is 6.90. The molecular weight excluding hydrogens is 194 g/mol. The Hall–Kier alpha value is -0.700. The van der Waals surface area contributed by atoms with Gasteiger partial charge in [-0.1, -0.05) is 0 Å². The van der Waals surface area contributed by atoms with E-state index in [0.29, 0.717) is 6.10 Å². The summed E-state index contributed by atoms with van der Waals surface area (Å²) in [6.45, 7) is 0. The zero-order valence-electron chi connectivity index (χ0n) is 8.40. The monoisotopic (exact) mass is 209 g/mol. The molecular formula is C11H15NOS. The van der Waals surface area contributed by atoms with Crippen molar-refractivity contribution in [3.8, 4) is 5.88 Å². The summed E-state index contributed by atoms with van der Waals surface area (Å²) in [6, 6.07) is 4.01. The molecule has 0 unspecified atom stereocenters. The van der Waals surface area contributed by atoms with Crippen molar-refractivity contribution in [2.24, 2.45) is 0 Å². The minimum absolute atomic E-state index is 0.399. The van der Waals surface area contributed by atoms with Gasteiger partial charge in [-0.3, -0.25) is 0 Å². The van der Waals surface area contributed by atoms with Crippen molar-refractivity contribution in [3.63, 3.8) is 0 Å². The molecule has 1 fully saturated rings. The lowest BCUT2D eigenvalue weighted by atomic mass is 10.3. The van der Waals surface area contributed by atoms with Crippen LogP contribution in [0.15, 0.2) is 23.2 Å². The fraction of sp³-hybridized carbons (Fsp3) is 0.545. The molecule has 0 spiro atoms. The average Bonchev–Trinajstić information content (AvgIpc) is 2.71. The minimum atomic E-state index is 0.399. The van der Waals surface area contributed by atoms with Crippen molar-refractivity contribution in [2.45, 2.75) is 36.7 Å². The quantitative estimate of drug-likeness (QED) is 0.714. The van der Waals surface area contributed by atoms with E-state index in [9.17, 15) is 0 Å². The van der Waals surface area contributed by atoms with Gasteiger partial charge in [-0.15, -0.1) is 11.8 Å². The Morgan fingerprint density at radius 1 is 1.43 bits per heavy atom. The van der Waals surface area contributed by atoms with Crippen LogP contribution in [0.1, 0.15) is 25.7 Å². The Labute approximate surface area is 89.1 Å². The molecule has 0 saturated heterocycles. The summed E-state index contributed by atoms with van der Waals surface area (Å²) in [5, 5.41) is 0. The van der Waals surface area contributed by atoms with E-state index < -0.39 is 0 Å². The highest BCUT2D eigenvalue weighted by atomic mass is 32.2. The van der Waals surface area contributed by atoms with E-state index in [0.717, 1.165) is 10.8 Å². The highest BCUT2D eigenvalue weighted by Gasteiger charge is 2.18. The van der Waals surface area contributed by atoms with Gasteiger partial charge in [0.05, 0.1) is 4.90 Å². The maximum atomic E-state index is 5.87. The molecule has 0 aromatic carbocycles. The van der Waals surface area contributed by atoms with Crippen molar-refractivity contribution in [1.29, 1.82) is 0 Å². The third-order valence-corrected chi connectivity index (χ3v) is 3.29. The van der Waals surface area contributed by atoms with Gasteiger partial charge in [0.15, 0.2) is 0 Å². The second-order valence-electron chi connectivity index (χ2n) is 3.54. The molecule has 0 N–H and O–H groups in total. The molecule has 1 aliphatic carbocycles. The van der Waals surface area contributed by atoms with Crippen LogP contribution < -0.4 is 4.74 Å². The topological polar surface area (TPSA) is 22.1 Å². The van der Waals surface area contributed by atoms with Gasteiger partial charge in [-0.05, 0) is 44.1 Å². The zero-order valence-corrected chi connectivity index (χ0v) is 9.22. The van der Waals surface area contributed by atoms with Crippen molar-refractivity contribution in [2.75, 3.05) is 6.26 Å². The van der Waals surface area contributed by atoms with Crippen molar-refractivity contribution in [3.05, 3.63) is 18.3 Å². The lowest BCUT2D eigenvalue weighted by Crippen LogP contribution is -2.12. The Kier molecular flexibility index (Phi) is 3.30. The summed E-state index contributed by atoms with van der Waals surface area (Å²) in [5.74, 6) is 0.812. The van der Waals surface area contributed by atoms with Crippen molar-refractivity contribution >= 4 is 11.8 Å². The average molecular weight is 209 g/mol. The molecule has 76 valence electrons. The highest BCUT2D eigenvalue weighted by Crippen LogP contribution is 2.29. The van der Waals surface area contributed by atoms with Gasteiger partial charge in [0.25, 0.3) is 0 Å². The second-order valence-corrected chi connectivity index (χ2v) is 4.38. The summed E-state index contributed by atoms with van der Waals surface area (Å²) in [7, 11) is 0. The van der Waals surface area contributed by atoms with Gasteiger partial charge in [-0.25, -0.2) is 4.98 Å². The van der Waals surface area contributed by atoms with E-state index >= 15 is 0 Å². The maximum absolute atomic E-state index is 5.87. The van der Waals surface area contributed by atoms with Gasteiger partial charge in [0.2, 0.25) is 5.88 Å². The van der Waals surface area contributed by atoms with Crippen LogP contribution in [0.25, 0.3) is 0 Å². The van der Waals surface area contributed by atoms with E-state index in [4.69, 9.17) is 4.74 Å². The molecule has 1 aromatic rings. The van der Waals surface area contributed by atoms with E-state index in [1.807, 2.05) is 6.07 Å². The lowest BCUT2D eigenvalue weighted by molar-refractivity contribution is 0.196. The molecule has 2 rings (SSSR count). The largest absolute Gasteiger partial charge is 0.474 e. The van der Waals surface area contributed by atoms with Crippen LogP contribution in [0, 0.1) is 0 Å². The fourth-order valence-electron chi connectivity index (χ4n) is 1.78. The number of pyridine rings is 1. The molecule has 1 heterocycles. The molecule has 14 heavy (non-hydrogen) atoms. The first-order valence-electron chi connectivity index (χ1n) is 5.06. The molecule has 0 bridgehead atoms. The summed E-state index contributed by atoms with van der Waals surface area (Å²) >= 11 is 1.69. The summed E-state index contributed by atoms with van der Waals surface area (Å²) in [6.07, 6.45) is 9.21. The molecule has 0 amide bonds. The van der Waals surface area contributed by atoms with Crippen LogP contribution in [-0.2, 0) is 0 Å². The number of aromatic nitrogens is 1. The van der Waals surface area contributed by atoms with Crippen LogP contribution in [-0.4, -0.2) is 17.3 Å². The zero-order chi connectivity index (χ0) is 9.80. The van der Waals surface area contributed by atoms with E-state index in [1.54, 1.807) is 18.0 Å². The number of ether oxygens (including phenoxy) is 1. The first-order valence-corrected chi connectivity index (χ1v) is 6.28. The molecule has 1 aliphatic rings. The SMILES string of the molecule is CSc1cccnc1OC1CCCC1. The van der Waals surface area contributed by atoms with Gasteiger partial charge >= 0.3 is 0 Å². The molecule has 0 aliphatic heterocycles.